The fraction of sp³-hybridized carbons (Fsp3) is 0. The Labute approximate surface area is 90.1 Å². The van der Waals surface area contributed by atoms with Gasteiger partial charge in [-0.2, -0.15) is 5.10 Å². The molecule has 15 heavy (non-hydrogen) atoms. The van der Waals surface area contributed by atoms with E-state index in [4.69, 9.17) is 11.6 Å². The van der Waals surface area contributed by atoms with Crippen LogP contribution in [0.5, 0.6) is 0 Å². The lowest BCUT2D eigenvalue weighted by molar-refractivity contribution is 0.0941. The molecule has 5 heteroatoms. The van der Waals surface area contributed by atoms with Crippen molar-refractivity contribution >= 4 is 17.5 Å². The molecule has 0 radical (unpaired) electrons. The first kappa shape index (κ1) is 9.86. The highest BCUT2D eigenvalue weighted by molar-refractivity contribution is 6.30. The number of aromatic nitrogens is 2. The Bertz CT molecular complexity index is 510. The second-order valence-electron chi connectivity index (χ2n) is 2.89. The van der Waals surface area contributed by atoms with Crippen molar-refractivity contribution < 1.29 is 9.18 Å². The first-order chi connectivity index (χ1) is 7.18. The van der Waals surface area contributed by atoms with Crippen LogP contribution in [0.15, 0.2) is 36.7 Å². The number of benzene rings is 1. The monoisotopic (exact) mass is 224 g/mol. The van der Waals surface area contributed by atoms with Crippen LogP contribution in [-0.2, 0) is 0 Å². The maximum Gasteiger partial charge on any atom is 0.281 e. The smallest absolute Gasteiger partial charge is 0.267 e. The molecule has 0 aliphatic rings. The van der Waals surface area contributed by atoms with E-state index < -0.39 is 11.7 Å². The minimum atomic E-state index is -0.575. The summed E-state index contributed by atoms with van der Waals surface area (Å²) in [6.45, 7) is 0. The standard InChI is InChI=1S/C10H6ClFN2O/c11-7-5-13-14(6-7)10(15)8-3-1-2-4-9(8)12/h1-6H. The van der Waals surface area contributed by atoms with Gasteiger partial charge in [0.15, 0.2) is 0 Å². The molecule has 1 aromatic carbocycles. The summed E-state index contributed by atoms with van der Waals surface area (Å²) >= 11 is 5.60. The third-order valence-corrected chi connectivity index (χ3v) is 2.06. The molecular weight excluding hydrogens is 219 g/mol. The van der Waals surface area contributed by atoms with E-state index in [0.717, 1.165) is 4.68 Å². The van der Waals surface area contributed by atoms with Gasteiger partial charge in [-0.05, 0) is 12.1 Å². The Kier molecular flexibility index (Phi) is 2.51. The van der Waals surface area contributed by atoms with Gasteiger partial charge in [-0.25, -0.2) is 9.07 Å². The molecule has 0 saturated heterocycles. The van der Waals surface area contributed by atoms with Crippen molar-refractivity contribution in [1.29, 1.82) is 0 Å². The Balaban J connectivity index is 2.41. The number of nitrogens with zero attached hydrogens (tertiary/aromatic N) is 2. The number of halogens is 2. The number of hydrogen-bond acceptors (Lipinski definition) is 2. The molecule has 0 fully saturated rings. The largest absolute Gasteiger partial charge is 0.281 e. The second kappa shape index (κ2) is 3.82. The maximum absolute atomic E-state index is 13.2. The topological polar surface area (TPSA) is 34.9 Å². The molecule has 0 N–H and O–H groups in total. The molecule has 0 spiro atoms. The highest BCUT2D eigenvalue weighted by Gasteiger charge is 2.13. The Morgan fingerprint density at radius 3 is 2.73 bits per heavy atom. The molecular formula is C10H6ClFN2O. The third kappa shape index (κ3) is 1.89. The number of rotatable bonds is 1. The van der Waals surface area contributed by atoms with Crippen LogP contribution in [0.1, 0.15) is 10.4 Å². The summed E-state index contributed by atoms with van der Waals surface area (Å²) in [4.78, 5) is 11.7. The van der Waals surface area contributed by atoms with E-state index in [1.807, 2.05) is 0 Å². The highest BCUT2D eigenvalue weighted by Crippen LogP contribution is 2.10. The minimum absolute atomic E-state index is 0.0303. The van der Waals surface area contributed by atoms with Gasteiger partial charge < -0.3 is 0 Å². The molecule has 0 saturated carbocycles. The molecule has 1 heterocycles. The van der Waals surface area contributed by atoms with Crippen molar-refractivity contribution in [3.8, 4) is 0 Å². The van der Waals surface area contributed by atoms with Crippen LogP contribution in [0.25, 0.3) is 0 Å². The summed E-state index contributed by atoms with van der Waals surface area (Å²) in [7, 11) is 0. The lowest BCUT2D eigenvalue weighted by atomic mass is 10.2. The predicted octanol–water partition coefficient (Wildman–Crippen LogP) is 2.36. The van der Waals surface area contributed by atoms with Crippen LogP contribution in [-0.4, -0.2) is 15.7 Å². The van der Waals surface area contributed by atoms with Crippen LogP contribution in [0.2, 0.25) is 5.02 Å². The van der Waals surface area contributed by atoms with E-state index in [0.29, 0.717) is 5.02 Å². The Hall–Kier alpha value is -1.68. The van der Waals surface area contributed by atoms with Crippen LogP contribution in [0.4, 0.5) is 4.39 Å². The molecule has 0 aliphatic heterocycles. The summed E-state index contributed by atoms with van der Waals surface area (Å²) in [5.74, 6) is -1.12. The van der Waals surface area contributed by atoms with Crippen molar-refractivity contribution in [3.63, 3.8) is 0 Å². The SMILES string of the molecule is O=C(c1ccccc1F)n1cc(Cl)cn1. The van der Waals surface area contributed by atoms with Crippen molar-refractivity contribution in [2.75, 3.05) is 0 Å². The van der Waals surface area contributed by atoms with E-state index in [9.17, 15) is 9.18 Å². The Morgan fingerprint density at radius 2 is 2.13 bits per heavy atom. The van der Waals surface area contributed by atoms with E-state index >= 15 is 0 Å². The summed E-state index contributed by atoms with van der Waals surface area (Å²) in [5.41, 5.74) is -0.0303. The van der Waals surface area contributed by atoms with E-state index in [1.165, 1.54) is 30.6 Å². The predicted molar refractivity (Wildman–Crippen MR) is 53.4 cm³/mol. The molecule has 1 aromatic heterocycles. The zero-order chi connectivity index (χ0) is 10.8. The molecule has 0 atom stereocenters. The summed E-state index contributed by atoms with van der Waals surface area (Å²) in [6, 6.07) is 5.72. The number of carbonyl (C=O) groups excluding carboxylic acids is 1. The van der Waals surface area contributed by atoms with Gasteiger partial charge in [0.25, 0.3) is 5.91 Å². The molecule has 0 unspecified atom stereocenters. The fourth-order valence-corrected chi connectivity index (χ4v) is 1.31. The molecule has 3 nitrogen and oxygen atoms in total. The van der Waals surface area contributed by atoms with E-state index in [1.54, 1.807) is 6.07 Å². The summed E-state index contributed by atoms with van der Waals surface area (Å²) < 4.78 is 14.2. The molecule has 2 aromatic rings. The van der Waals surface area contributed by atoms with Gasteiger partial charge in [0.05, 0.1) is 23.0 Å². The van der Waals surface area contributed by atoms with Crippen LogP contribution < -0.4 is 0 Å². The molecule has 0 bridgehead atoms. The molecule has 76 valence electrons. The Morgan fingerprint density at radius 1 is 1.40 bits per heavy atom. The lowest BCUT2D eigenvalue weighted by Gasteiger charge is -2.00. The maximum atomic E-state index is 13.2. The van der Waals surface area contributed by atoms with E-state index in [-0.39, 0.29) is 5.56 Å². The zero-order valence-electron chi connectivity index (χ0n) is 7.52. The van der Waals surface area contributed by atoms with Crippen molar-refractivity contribution in [2.45, 2.75) is 0 Å². The number of hydrogen-bond donors (Lipinski definition) is 0. The average Bonchev–Trinajstić information content (AvgIpc) is 2.65. The van der Waals surface area contributed by atoms with Crippen molar-refractivity contribution in [1.82, 2.24) is 9.78 Å². The lowest BCUT2D eigenvalue weighted by Crippen LogP contribution is -2.13. The molecule has 0 amide bonds. The second-order valence-corrected chi connectivity index (χ2v) is 3.32. The highest BCUT2D eigenvalue weighted by atomic mass is 35.5. The van der Waals surface area contributed by atoms with Crippen LogP contribution in [0, 0.1) is 5.82 Å². The third-order valence-electron chi connectivity index (χ3n) is 1.86. The van der Waals surface area contributed by atoms with Gasteiger partial charge in [0, 0.05) is 0 Å². The quantitative estimate of drug-likeness (QED) is 0.745. The average molecular weight is 225 g/mol. The van der Waals surface area contributed by atoms with Gasteiger partial charge in [0.1, 0.15) is 5.82 Å². The van der Waals surface area contributed by atoms with Gasteiger partial charge in [-0.1, -0.05) is 23.7 Å². The summed E-state index contributed by atoms with van der Waals surface area (Å²) in [6.07, 6.45) is 2.65. The van der Waals surface area contributed by atoms with Gasteiger partial charge in [0.2, 0.25) is 0 Å². The van der Waals surface area contributed by atoms with Gasteiger partial charge >= 0.3 is 0 Å². The normalized spacial score (nSPS) is 10.3. The van der Waals surface area contributed by atoms with Gasteiger partial charge in [-0.15, -0.1) is 0 Å². The first-order valence-electron chi connectivity index (χ1n) is 4.18. The molecule has 0 aliphatic carbocycles. The fourth-order valence-electron chi connectivity index (χ4n) is 1.17. The summed E-state index contributed by atoms with van der Waals surface area (Å²) in [5, 5.41) is 4.03. The van der Waals surface area contributed by atoms with Crippen LogP contribution in [0.3, 0.4) is 0 Å². The zero-order valence-corrected chi connectivity index (χ0v) is 8.28. The van der Waals surface area contributed by atoms with Crippen molar-refractivity contribution in [3.05, 3.63) is 53.1 Å². The first-order valence-corrected chi connectivity index (χ1v) is 4.55. The van der Waals surface area contributed by atoms with Crippen molar-refractivity contribution in [2.24, 2.45) is 0 Å². The van der Waals surface area contributed by atoms with E-state index in [2.05, 4.69) is 5.10 Å². The minimum Gasteiger partial charge on any atom is -0.267 e. The number of carbonyl (C=O) groups is 1. The van der Waals surface area contributed by atoms with Crippen LogP contribution >= 0.6 is 11.6 Å². The molecule has 2 rings (SSSR count). The van der Waals surface area contributed by atoms with Gasteiger partial charge in [-0.3, -0.25) is 4.79 Å².